The second kappa shape index (κ2) is 9.09. The van der Waals surface area contributed by atoms with E-state index < -0.39 is 10.7 Å². The first-order chi connectivity index (χ1) is 14.6. The molecule has 0 spiro atoms. The van der Waals surface area contributed by atoms with Crippen LogP contribution in [0.5, 0.6) is 0 Å². The van der Waals surface area contributed by atoms with Crippen LogP contribution in [0.15, 0.2) is 62.1 Å². The Morgan fingerprint density at radius 3 is 2.83 bits per heavy atom. The summed E-state index contributed by atoms with van der Waals surface area (Å²) in [6.07, 6.45) is 0.675. The number of thioether (sulfide) groups is 1. The molecule has 0 unspecified atom stereocenters. The van der Waals surface area contributed by atoms with Gasteiger partial charge in [0, 0.05) is 31.0 Å². The van der Waals surface area contributed by atoms with Crippen molar-refractivity contribution in [3.05, 3.63) is 74.8 Å². The molecule has 0 saturated carbocycles. The second-order valence-electron chi connectivity index (χ2n) is 6.34. The quantitative estimate of drug-likeness (QED) is 0.177. The van der Waals surface area contributed by atoms with E-state index in [1.165, 1.54) is 39.7 Å². The minimum Gasteiger partial charge on any atom is -0.408 e. The molecule has 4 rings (SSSR count). The average molecular weight is 444 g/mol. The highest BCUT2D eigenvalue weighted by atomic mass is 32.2. The molecule has 0 saturated heterocycles. The van der Waals surface area contributed by atoms with Crippen LogP contribution in [0, 0.1) is 10.1 Å². The third-order valence-corrected chi connectivity index (χ3v) is 6.41. The number of fused-ring (bicyclic) bond motifs is 1. The molecular weight excluding hydrogens is 426 g/mol. The summed E-state index contributed by atoms with van der Waals surface area (Å²) in [5.41, 5.74) is 1.87. The number of nitrogens with one attached hydrogen (secondary N) is 1. The Hall–Kier alpha value is -3.18. The zero-order valence-corrected chi connectivity index (χ0v) is 17.3. The zero-order chi connectivity index (χ0) is 20.9. The van der Waals surface area contributed by atoms with Crippen LogP contribution in [0.1, 0.15) is 12.0 Å². The highest BCUT2D eigenvalue weighted by molar-refractivity contribution is 8.01. The number of anilines is 1. The molecule has 2 aromatic carbocycles. The molecule has 0 aliphatic heterocycles. The SMILES string of the molecule is O=c1oc2ccc([N+](=O)[O-])cc2n1CCCSc1nnc(NCc2ccccc2)s1. The molecule has 0 fully saturated rings. The Balaban J connectivity index is 1.31. The van der Waals surface area contributed by atoms with Gasteiger partial charge in [-0.2, -0.15) is 0 Å². The Morgan fingerprint density at radius 1 is 1.20 bits per heavy atom. The fraction of sp³-hybridized carbons (Fsp3) is 0.211. The molecule has 0 radical (unpaired) electrons. The molecule has 1 N–H and O–H groups in total. The van der Waals surface area contributed by atoms with Gasteiger partial charge in [-0.15, -0.1) is 10.2 Å². The van der Waals surface area contributed by atoms with Crippen molar-refractivity contribution in [3.63, 3.8) is 0 Å². The Bertz CT molecular complexity index is 1220. The molecule has 154 valence electrons. The summed E-state index contributed by atoms with van der Waals surface area (Å²) in [4.78, 5) is 22.6. The number of nitro benzene ring substituents is 1. The Morgan fingerprint density at radius 2 is 2.03 bits per heavy atom. The molecular formula is C19H17N5O4S2. The van der Waals surface area contributed by atoms with Gasteiger partial charge in [-0.1, -0.05) is 53.4 Å². The van der Waals surface area contributed by atoms with Crippen molar-refractivity contribution in [1.82, 2.24) is 14.8 Å². The normalized spacial score (nSPS) is 11.1. The standard InChI is InChI=1S/C19H17N5O4S2/c25-19-23(15-11-14(24(26)27)7-8-16(15)28-19)9-4-10-29-18-22-21-17(30-18)20-12-13-5-2-1-3-6-13/h1-3,5-8,11H,4,9-10,12H2,(H,20,21). The minimum atomic E-state index is -0.515. The van der Waals surface area contributed by atoms with Gasteiger partial charge in [-0.3, -0.25) is 14.7 Å². The zero-order valence-electron chi connectivity index (χ0n) is 15.7. The van der Waals surface area contributed by atoms with Crippen LogP contribution in [0.25, 0.3) is 11.1 Å². The lowest BCUT2D eigenvalue weighted by atomic mass is 10.2. The monoisotopic (exact) mass is 443 g/mol. The number of rotatable bonds is 9. The van der Waals surface area contributed by atoms with Gasteiger partial charge in [0.05, 0.1) is 10.4 Å². The Labute approximate surface area is 178 Å². The number of nitro groups is 1. The number of aromatic nitrogens is 3. The molecule has 2 heterocycles. The highest BCUT2D eigenvalue weighted by Gasteiger charge is 2.14. The third kappa shape index (κ3) is 4.69. The van der Waals surface area contributed by atoms with Gasteiger partial charge < -0.3 is 9.73 Å². The first kappa shape index (κ1) is 20.1. The number of benzene rings is 2. The van der Waals surface area contributed by atoms with E-state index in [1.807, 2.05) is 30.3 Å². The van der Waals surface area contributed by atoms with E-state index in [2.05, 4.69) is 15.5 Å². The van der Waals surface area contributed by atoms with Gasteiger partial charge in [0.25, 0.3) is 5.69 Å². The first-order valence-corrected chi connectivity index (χ1v) is 10.9. The summed E-state index contributed by atoms with van der Waals surface area (Å²) in [5, 5.41) is 23.3. The number of aryl methyl sites for hydroxylation is 1. The van der Waals surface area contributed by atoms with Gasteiger partial charge in [0.1, 0.15) is 0 Å². The number of non-ortho nitro benzene ring substituents is 1. The molecule has 11 heteroatoms. The van der Waals surface area contributed by atoms with Crippen molar-refractivity contribution >= 4 is 45.0 Å². The van der Waals surface area contributed by atoms with Crippen molar-refractivity contribution < 1.29 is 9.34 Å². The topological polar surface area (TPSA) is 116 Å². The summed E-state index contributed by atoms with van der Waals surface area (Å²) in [7, 11) is 0. The van der Waals surface area contributed by atoms with Crippen molar-refractivity contribution in [3.8, 4) is 0 Å². The number of hydrogen-bond donors (Lipinski definition) is 1. The predicted molar refractivity (Wildman–Crippen MR) is 116 cm³/mol. The predicted octanol–water partition coefficient (Wildman–Crippen LogP) is 4.15. The molecule has 0 aliphatic carbocycles. The van der Waals surface area contributed by atoms with Crippen LogP contribution >= 0.6 is 23.1 Å². The van der Waals surface area contributed by atoms with Crippen molar-refractivity contribution in [1.29, 1.82) is 0 Å². The van der Waals surface area contributed by atoms with E-state index in [4.69, 9.17) is 4.42 Å². The van der Waals surface area contributed by atoms with Gasteiger partial charge in [-0.25, -0.2) is 4.79 Å². The van der Waals surface area contributed by atoms with Crippen LogP contribution in [-0.4, -0.2) is 25.4 Å². The van der Waals surface area contributed by atoms with E-state index >= 15 is 0 Å². The number of hydrogen-bond acceptors (Lipinski definition) is 9. The fourth-order valence-electron chi connectivity index (χ4n) is 2.87. The lowest BCUT2D eigenvalue weighted by Gasteiger charge is -2.02. The number of oxazole rings is 1. The minimum absolute atomic E-state index is 0.0733. The van der Waals surface area contributed by atoms with Gasteiger partial charge in [0.2, 0.25) is 5.13 Å². The van der Waals surface area contributed by atoms with Crippen molar-refractivity contribution in [2.24, 2.45) is 0 Å². The third-order valence-electron chi connectivity index (χ3n) is 4.31. The summed E-state index contributed by atoms with van der Waals surface area (Å²) in [6.45, 7) is 1.08. The maximum absolute atomic E-state index is 12.1. The fourth-order valence-corrected chi connectivity index (χ4v) is 4.61. The van der Waals surface area contributed by atoms with Crippen LogP contribution in [-0.2, 0) is 13.1 Å². The summed E-state index contributed by atoms with van der Waals surface area (Å²) in [6, 6.07) is 14.2. The van der Waals surface area contributed by atoms with E-state index in [1.54, 1.807) is 11.8 Å². The summed E-state index contributed by atoms with van der Waals surface area (Å²) in [5.74, 6) is 0.209. The molecule has 2 aromatic heterocycles. The lowest BCUT2D eigenvalue weighted by molar-refractivity contribution is -0.384. The van der Waals surface area contributed by atoms with E-state index in [0.29, 0.717) is 30.6 Å². The number of nitrogens with zero attached hydrogens (tertiary/aromatic N) is 4. The molecule has 0 amide bonds. The first-order valence-electron chi connectivity index (χ1n) is 9.12. The van der Waals surface area contributed by atoms with Crippen LogP contribution in [0.3, 0.4) is 0 Å². The average Bonchev–Trinajstić information content (AvgIpc) is 3.33. The lowest BCUT2D eigenvalue weighted by Crippen LogP contribution is -2.14. The van der Waals surface area contributed by atoms with Crippen LogP contribution < -0.4 is 11.1 Å². The summed E-state index contributed by atoms with van der Waals surface area (Å²) < 4.78 is 7.43. The second-order valence-corrected chi connectivity index (χ2v) is 8.66. The van der Waals surface area contributed by atoms with Gasteiger partial charge in [0.15, 0.2) is 9.92 Å². The van der Waals surface area contributed by atoms with Crippen LogP contribution in [0.2, 0.25) is 0 Å². The smallest absolute Gasteiger partial charge is 0.408 e. The molecule has 30 heavy (non-hydrogen) atoms. The molecule has 0 aliphatic rings. The maximum Gasteiger partial charge on any atom is 0.419 e. The van der Waals surface area contributed by atoms with E-state index in [-0.39, 0.29) is 5.69 Å². The van der Waals surface area contributed by atoms with Crippen molar-refractivity contribution in [2.75, 3.05) is 11.1 Å². The largest absolute Gasteiger partial charge is 0.419 e. The van der Waals surface area contributed by atoms with Crippen LogP contribution in [0.4, 0.5) is 10.8 Å². The van der Waals surface area contributed by atoms with E-state index in [9.17, 15) is 14.9 Å². The van der Waals surface area contributed by atoms with Gasteiger partial charge in [-0.05, 0) is 18.1 Å². The molecule has 0 atom stereocenters. The maximum atomic E-state index is 12.1. The molecule has 0 bridgehead atoms. The van der Waals surface area contributed by atoms with Crippen molar-refractivity contribution in [2.45, 2.75) is 23.8 Å². The highest BCUT2D eigenvalue weighted by Crippen LogP contribution is 2.27. The van der Waals surface area contributed by atoms with Gasteiger partial charge >= 0.3 is 5.76 Å². The molecule has 9 nitrogen and oxygen atoms in total. The van der Waals surface area contributed by atoms with E-state index in [0.717, 1.165) is 15.2 Å². The summed E-state index contributed by atoms with van der Waals surface area (Å²) >= 11 is 3.03. The molecule has 4 aromatic rings. The Kier molecular flexibility index (Phi) is 6.10.